The zero-order valence-corrected chi connectivity index (χ0v) is 21.1. The Kier molecular flexibility index (Phi) is 7.18. The van der Waals surface area contributed by atoms with Crippen LogP contribution in [0.3, 0.4) is 0 Å². The molecule has 3 aromatic rings. The molecule has 3 fully saturated rings. The summed E-state index contributed by atoms with van der Waals surface area (Å²) < 4.78 is 19.4. The van der Waals surface area contributed by atoms with Crippen LogP contribution < -0.4 is 10.1 Å². The summed E-state index contributed by atoms with van der Waals surface area (Å²) in [5.41, 5.74) is 2.10. The molecule has 2 aliphatic heterocycles. The van der Waals surface area contributed by atoms with Crippen molar-refractivity contribution in [3.8, 4) is 5.88 Å². The predicted molar refractivity (Wildman–Crippen MR) is 136 cm³/mol. The maximum absolute atomic E-state index is 6.45. The minimum Gasteiger partial charge on any atom is -0.473 e. The molecule has 1 saturated carbocycles. The highest BCUT2D eigenvalue weighted by atomic mass is 35.5. The molecule has 0 bridgehead atoms. The number of ether oxygens (including phenoxy) is 3. The lowest BCUT2D eigenvalue weighted by molar-refractivity contribution is -0.00126. The summed E-state index contributed by atoms with van der Waals surface area (Å²) >= 11 is 6.21. The monoisotopic (exact) mass is 513 g/mol. The second-order valence-electron chi connectivity index (χ2n) is 9.73. The number of halogens is 1. The second-order valence-corrected chi connectivity index (χ2v) is 10.1. The van der Waals surface area contributed by atoms with Crippen molar-refractivity contribution in [3.05, 3.63) is 29.7 Å². The van der Waals surface area contributed by atoms with Crippen LogP contribution in [0.2, 0.25) is 5.15 Å². The van der Waals surface area contributed by atoms with Crippen molar-refractivity contribution < 1.29 is 14.2 Å². The molecule has 3 aromatic heterocycles. The largest absolute Gasteiger partial charge is 0.473 e. The zero-order chi connectivity index (χ0) is 24.3. The van der Waals surface area contributed by atoms with Gasteiger partial charge in [-0.05, 0) is 50.7 Å². The van der Waals surface area contributed by atoms with Gasteiger partial charge in [0.25, 0.3) is 0 Å². The normalized spacial score (nSPS) is 24.1. The fourth-order valence-corrected chi connectivity index (χ4v) is 5.56. The van der Waals surface area contributed by atoms with Crippen LogP contribution in [0.1, 0.15) is 44.6 Å². The molecule has 0 amide bonds. The molecular weight excluding hydrogens is 482 g/mol. The van der Waals surface area contributed by atoms with Gasteiger partial charge < -0.3 is 19.5 Å². The van der Waals surface area contributed by atoms with Crippen LogP contribution in [0.15, 0.2) is 24.5 Å². The highest BCUT2D eigenvalue weighted by Gasteiger charge is 2.29. The number of nitrogens with zero attached hydrogens (tertiary/aromatic N) is 6. The number of aromatic nitrogens is 5. The van der Waals surface area contributed by atoms with E-state index >= 15 is 0 Å². The van der Waals surface area contributed by atoms with E-state index in [9.17, 15) is 0 Å². The molecule has 3 aliphatic rings. The van der Waals surface area contributed by atoms with E-state index in [-0.39, 0.29) is 6.10 Å². The Morgan fingerprint density at radius 3 is 2.47 bits per heavy atom. The van der Waals surface area contributed by atoms with Gasteiger partial charge in [0.15, 0.2) is 5.52 Å². The summed E-state index contributed by atoms with van der Waals surface area (Å²) in [7, 11) is 0. The Morgan fingerprint density at radius 2 is 1.67 bits per heavy atom. The molecule has 11 heteroatoms. The molecular formula is C25H32ClN7O3. The number of rotatable bonds is 6. The van der Waals surface area contributed by atoms with Gasteiger partial charge in [0.2, 0.25) is 11.8 Å². The average Bonchev–Trinajstić information content (AvgIpc) is 3.39. The molecule has 0 radical (unpaired) electrons. The van der Waals surface area contributed by atoms with Gasteiger partial charge in [-0.3, -0.25) is 9.58 Å². The first-order chi connectivity index (χ1) is 17.7. The van der Waals surface area contributed by atoms with Crippen LogP contribution >= 0.6 is 11.6 Å². The third-order valence-electron chi connectivity index (χ3n) is 7.38. The highest BCUT2D eigenvalue weighted by molar-refractivity contribution is 6.29. The van der Waals surface area contributed by atoms with Gasteiger partial charge in [-0.1, -0.05) is 11.6 Å². The highest BCUT2D eigenvalue weighted by Crippen LogP contribution is 2.31. The zero-order valence-electron chi connectivity index (χ0n) is 20.3. The molecule has 6 rings (SSSR count). The fourth-order valence-electron chi connectivity index (χ4n) is 5.41. The molecule has 2 saturated heterocycles. The Morgan fingerprint density at radius 1 is 0.889 bits per heavy atom. The van der Waals surface area contributed by atoms with Crippen molar-refractivity contribution in [1.29, 1.82) is 0 Å². The summed E-state index contributed by atoms with van der Waals surface area (Å²) in [6.07, 6.45) is 10.00. The van der Waals surface area contributed by atoms with E-state index in [1.165, 1.54) is 0 Å². The first-order valence-electron chi connectivity index (χ1n) is 12.9. The first-order valence-corrected chi connectivity index (χ1v) is 13.3. The summed E-state index contributed by atoms with van der Waals surface area (Å²) in [5, 5.41) is 8.24. The molecule has 192 valence electrons. The predicted octanol–water partition coefficient (Wildman–Crippen LogP) is 3.99. The number of morpholine rings is 1. The van der Waals surface area contributed by atoms with E-state index in [0.717, 1.165) is 83.7 Å². The number of pyridine rings is 1. The number of anilines is 2. The smallest absolute Gasteiger partial charge is 0.245 e. The Hall–Kier alpha value is -2.53. The SMILES string of the molecule is Clc1ccc2nc(Nc3cnn(C4CCOCC4)c3)nc(OC3CCC(N4CCOCC4)CC3)c2n1. The first kappa shape index (κ1) is 23.8. The molecule has 1 aliphatic carbocycles. The van der Waals surface area contributed by atoms with E-state index in [1.807, 2.05) is 16.9 Å². The maximum Gasteiger partial charge on any atom is 0.245 e. The number of hydrogen-bond acceptors (Lipinski definition) is 9. The lowest BCUT2D eigenvalue weighted by atomic mass is 9.91. The van der Waals surface area contributed by atoms with Gasteiger partial charge in [0.1, 0.15) is 11.3 Å². The molecule has 36 heavy (non-hydrogen) atoms. The molecule has 0 atom stereocenters. The Bertz CT molecular complexity index is 1170. The molecule has 0 spiro atoms. The van der Waals surface area contributed by atoms with Crippen LogP contribution in [-0.4, -0.2) is 81.3 Å². The van der Waals surface area contributed by atoms with Crippen LogP contribution in [-0.2, 0) is 9.47 Å². The van der Waals surface area contributed by atoms with Gasteiger partial charge in [0.05, 0.1) is 36.7 Å². The third kappa shape index (κ3) is 5.41. The van der Waals surface area contributed by atoms with E-state index < -0.39 is 0 Å². The van der Waals surface area contributed by atoms with Gasteiger partial charge in [-0.2, -0.15) is 10.1 Å². The van der Waals surface area contributed by atoms with Crippen molar-refractivity contribution >= 4 is 34.3 Å². The van der Waals surface area contributed by atoms with Crippen molar-refractivity contribution in [2.75, 3.05) is 44.8 Å². The quantitative estimate of drug-likeness (QED) is 0.490. The molecule has 5 heterocycles. The van der Waals surface area contributed by atoms with E-state index in [4.69, 9.17) is 30.8 Å². The van der Waals surface area contributed by atoms with Crippen molar-refractivity contribution in [1.82, 2.24) is 29.6 Å². The number of fused-ring (bicyclic) bond motifs is 1. The van der Waals surface area contributed by atoms with Crippen LogP contribution in [0.4, 0.5) is 11.6 Å². The minimum absolute atomic E-state index is 0.0882. The summed E-state index contributed by atoms with van der Waals surface area (Å²) in [6, 6.07) is 4.55. The van der Waals surface area contributed by atoms with Crippen molar-refractivity contribution in [3.63, 3.8) is 0 Å². The Balaban J connectivity index is 1.17. The average molecular weight is 514 g/mol. The second kappa shape index (κ2) is 10.8. The van der Waals surface area contributed by atoms with Crippen LogP contribution in [0.25, 0.3) is 11.0 Å². The van der Waals surface area contributed by atoms with Gasteiger partial charge in [-0.15, -0.1) is 0 Å². The molecule has 0 unspecified atom stereocenters. The van der Waals surface area contributed by atoms with Gasteiger partial charge in [0, 0.05) is 38.5 Å². The molecule has 0 aromatic carbocycles. The van der Waals surface area contributed by atoms with Crippen molar-refractivity contribution in [2.24, 2.45) is 0 Å². The van der Waals surface area contributed by atoms with E-state index in [1.54, 1.807) is 12.3 Å². The number of nitrogens with one attached hydrogen (secondary N) is 1. The van der Waals surface area contributed by atoms with Gasteiger partial charge in [-0.25, -0.2) is 9.97 Å². The van der Waals surface area contributed by atoms with Gasteiger partial charge >= 0.3 is 0 Å². The third-order valence-corrected chi connectivity index (χ3v) is 7.59. The summed E-state index contributed by atoms with van der Waals surface area (Å²) in [5.74, 6) is 0.923. The topological polar surface area (TPSA) is 99.5 Å². The van der Waals surface area contributed by atoms with Crippen molar-refractivity contribution in [2.45, 2.75) is 56.7 Å². The lowest BCUT2D eigenvalue weighted by Gasteiger charge is -2.38. The Labute approximate surface area is 215 Å². The number of hydrogen-bond donors (Lipinski definition) is 1. The fraction of sp³-hybridized carbons (Fsp3) is 0.600. The lowest BCUT2D eigenvalue weighted by Crippen LogP contribution is -2.46. The summed E-state index contributed by atoms with van der Waals surface area (Å²) in [6.45, 7) is 5.25. The molecule has 1 N–H and O–H groups in total. The van der Waals surface area contributed by atoms with E-state index in [0.29, 0.717) is 40.1 Å². The minimum atomic E-state index is 0.0882. The standard InChI is InChI=1S/C25H32ClN7O3/c26-22-6-5-21-23(30-22)24(36-20-3-1-18(2-4-20)32-9-13-35-14-10-32)31-25(29-21)28-17-15-27-33(16-17)19-7-11-34-12-8-19/h5-6,15-16,18-20H,1-4,7-14H2,(H,28,29,31). The maximum atomic E-state index is 6.45. The molecule has 10 nitrogen and oxygen atoms in total. The van der Waals surface area contributed by atoms with Crippen LogP contribution in [0.5, 0.6) is 5.88 Å². The van der Waals surface area contributed by atoms with E-state index in [2.05, 4.69) is 25.3 Å². The summed E-state index contributed by atoms with van der Waals surface area (Å²) in [4.78, 5) is 16.4. The van der Waals surface area contributed by atoms with Crippen LogP contribution in [0, 0.1) is 0 Å².